The Hall–Kier alpha value is -3.56. The van der Waals surface area contributed by atoms with Crippen LogP contribution >= 0.6 is 0 Å². The molecule has 0 bridgehead atoms. The minimum atomic E-state index is 1.06. The normalized spacial score (nSPS) is 9.11. The Balaban J connectivity index is 0.000000165. The fraction of sp³-hybridized carbons (Fsp3) is 0.0606. The van der Waals surface area contributed by atoms with E-state index in [1.165, 1.54) is 21.5 Å². The zero-order valence-electron chi connectivity index (χ0n) is 21.1. The van der Waals surface area contributed by atoms with Crippen LogP contribution in [0.1, 0.15) is 0 Å². The summed E-state index contributed by atoms with van der Waals surface area (Å²) in [7, 11) is 3.82. The summed E-state index contributed by atoms with van der Waals surface area (Å²) in [5, 5.41) is 11.4. The monoisotopic (exact) mass is 638 g/mol. The fourth-order valence-electron chi connectivity index (χ4n) is 3.35. The van der Waals surface area contributed by atoms with Gasteiger partial charge in [0.25, 0.3) is 0 Å². The molecule has 6 aromatic carbocycles. The third-order valence-electron chi connectivity index (χ3n) is 5.22. The maximum Gasteiger partial charge on any atom is -0.0809 e. The van der Waals surface area contributed by atoms with Crippen LogP contribution in [0.4, 0.5) is 11.4 Å². The molecule has 180 valence electrons. The molecule has 0 saturated heterocycles. The predicted molar refractivity (Wildman–Crippen MR) is 158 cm³/mol. The first kappa shape index (κ1) is 28.7. The second kappa shape index (κ2) is 17.8. The van der Waals surface area contributed by atoms with E-state index in [1.807, 2.05) is 74.8 Å². The van der Waals surface area contributed by atoms with E-state index in [0.29, 0.717) is 0 Å². The summed E-state index contributed by atoms with van der Waals surface area (Å²) in [4.78, 5) is 0. The van der Waals surface area contributed by atoms with E-state index in [-0.39, 0.29) is 0 Å². The van der Waals surface area contributed by atoms with Gasteiger partial charge in [0.2, 0.25) is 0 Å². The predicted octanol–water partition coefficient (Wildman–Crippen LogP) is 8.54. The smallest absolute Gasteiger partial charge is 0.0809 e. The standard InChI is InChI=1S/2C9H7.2C7H9N.CH2.Hf/c2*1-2-5-9-7-3-6-8(9)4-1;2*1-8-7-5-3-2-4-6-7;;/h2*1-7H;2*2-6,8H,1H3;1H2;/q2*-1;;;;+2. The minimum absolute atomic E-state index is 1.06. The van der Waals surface area contributed by atoms with Crippen LogP contribution in [0, 0.1) is 0 Å². The Bertz CT molecular complexity index is 1170. The van der Waals surface area contributed by atoms with Gasteiger partial charge in [-0.25, -0.2) is 0 Å². The molecule has 0 aliphatic heterocycles. The van der Waals surface area contributed by atoms with E-state index in [0.717, 1.165) is 35.3 Å². The number of rotatable bonds is 2. The van der Waals surface area contributed by atoms with Crippen LogP contribution in [-0.2, 0) is 23.9 Å². The van der Waals surface area contributed by atoms with Crippen molar-refractivity contribution in [3.63, 3.8) is 0 Å². The molecule has 0 radical (unpaired) electrons. The van der Waals surface area contributed by atoms with Crippen molar-refractivity contribution < 1.29 is 23.9 Å². The molecule has 0 aliphatic carbocycles. The Kier molecular flexibility index (Phi) is 14.2. The molecular weight excluding hydrogens is 603 g/mol. The molecule has 0 saturated carbocycles. The molecule has 0 atom stereocenters. The van der Waals surface area contributed by atoms with Gasteiger partial charge in [0.15, 0.2) is 0 Å². The van der Waals surface area contributed by atoms with Crippen molar-refractivity contribution in [2.24, 2.45) is 0 Å². The molecule has 2 nitrogen and oxygen atoms in total. The van der Waals surface area contributed by atoms with Gasteiger partial charge in [-0.15, -0.1) is 59.3 Å². The summed E-state index contributed by atoms with van der Waals surface area (Å²) in [6.45, 7) is 0. The second-order valence-corrected chi connectivity index (χ2v) is 7.54. The molecule has 0 heterocycles. The summed E-state index contributed by atoms with van der Waals surface area (Å²) >= 11 is 1.06. The maximum absolute atomic E-state index is 3.39. The molecular formula is C33H34HfN2. The van der Waals surface area contributed by atoms with Crippen molar-refractivity contribution in [3.8, 4) is 0 Å². The van der Waals surface area contributed by atoms with Gasteiger partial charge in [0.1, 0.15) is 0 Å². The van der Waals surface area contributed by atoms with Crippen LogP contribution in [0.3, 0.4) is 0 Å². The molecule has 36 heavy (non-hydrogen) atoms. The van der Waals surface area contributed by atoms with E-state index in [9.17, 15) is 0 Å². The summed E-state index contributed by atoms with van der Waals surface area (Å²) in [5.74, 6) is 0. The molecule has 0 unspecified atom stereocenters. The summed E-state index contributed by atoms with van der Waals surface area (Å²) < 4.78 is 3.39. The largest absolute Gasteiger partial charge is 0.168 e. The van der Waals surface area contributed by atoms with Crippen LogP contribution in [0.15, 0.2) is 146 Å². The topological polar surface area (TPSA) is 24.1 Å². The zero-order chi connectivity index (χ0) is 25.8. The zero-order valence-corrected chi connectivity index (χ0v) is 24.7. The first-order valence-corrected chi connectivity index (χ1v) is 14.4. The first-order chi connectivity index (χ1) is 17.8. The molecule has 0 spiro atoms. The molecule has 6 rings (SSSR count). The SMILES string of the molecule is CNc1ccccc1.CNc1ccccc1.[CH2]=[Hf+2].c1ccc2[cH-]ccc2c1.c1ccc2[cH-]ccc2c1. The van der Waals surface area contributed by atoms with Crippen molar-refractivity contribution >= 4 is 37.2 Å². The van der Waals surface area contributed by atoms with Gasteiger partial charge in [-0.2, -0.15) is 35.0 Å². The third-order valence-corrected chi connectivity index (χ3v) is 5.22. The number of hydrogen-bond acceptors (Lipinski definition) is 2. The van der Waals surface area contributed by atoms with Crippen molar-refractivity contribution in [2.75, 3.05) is 24.7 Å². The van der Waals surface area contributed by atoms with Crippen molar-refractivity contribution in [1.29, 1.82) is 0 Å². The number of nitrogens with one attached hydrogen (secondary N) is 2. The number of benzene rings is 4. The van der Waals surface area contributed by atoms with Crippen LogP contribution < -0.4 is 10.6 Å². The molecule has 0 aromatic heterocycles. The van der Waals surface area contributed by atoms with E-state index in [1.54, 1.807) is 0 Å². The van der Waals surface area contributed by atoms with Crippen LogP contribution in [-0.4, -0.2) is 18.4 Å². The first-order valence-electron chi connectivity index (χ1n) is 11.8. The Morgan fingerprint density at radius 1 is 0.472 bits per heavy atom. The van der Waals surface area contributed by atoms with Crippen LogP contribution in [0.2, 0.25) is 0 Å². The second-order valence-electron chi connectivity index (χ2n) is 7.54. The van der Waals surface area contributed by atoms with Gasteiger partial charge in [-0.05, 0) is 24.3 Å². The average molecular weight is 637 g/mol. The van der Waals surface area contributed by atoms with Crippen LogP contribution in [0.25, 0.3) is 21.5 Å². The minimum Gasteiger partial charge on any atom is -0.168 e. The third kappa shape index (κ3) is 10.4. The Morgan fingerprint density at radius 2 is 0.806 bits per heavy atom. The average Bonchev–Trinajstić information content (AvgIpc) is 3.66. The van der Waals surface area contributed by atoms with Gasteiger partial charge in [0, 0.05) is 25.5 Å². The summed E-state index contributed by atoms with van der Waals surface area (Å²) in [6, 6.07) is 49.5. The number of hydrogen-bond donors (Lipinski definition) is 2. The van der Waals surface area contributed by atoms with Gasteiger partial charge in [0.05, 0.1) is 0 Å². The quantitative estimate of drug-likeness (QED) is 0.147. The van der Waals surface area contributed by atoms with Gasteiger partial charge in [-0.3, -0.25) is 0 Å². The van der Waals surface area contributed by atoms with E-state index >= 15 is 0 Å². The molecule has 2 N–H and O–H groups in total. The Labute approximate surface area is 230 Å². The number of anilines is 2. The Morgan fingerprint density at radius 3 is 1.11 bits per heavy atom. The van der Waals surface area contributed by atoms with Crippen LogP contribution in [0.5, 0.6) is 0 Å². The summed E-state index contributed by atoms with van der Waals surface area (Å²) in [6.07, 6.45) is 0. The number of fused-ring (bicyclic) bond motifs is 2. The summed E-state index contributed by atoms with van der Waals surface area (Å²) in [5.41, 5.74) is 2.32. The fourth-order valence-corrected chi connectivity index (χ4v) is 3.35. The molecule has 6 aromatic rings. The van der Waals surface area contributed by atoms with E-state index < -0.39 is 0 Å². The molecule has 0 fully saturated rings. The van der Waals surface area contributed by atoms with Crippen molar-refractivity contribution in [1.82, 2.24) is 0 Å². The molecule has 0 amide bonds. The molecule has 0 aliphatic rings. The van der Waals surface area contributed by atoms with Gasteiger partial charge < -0.3 is 10.6 Å². The van der Waals surface area contributed by atoms with E-state index in [4.69, 9.17) is 0 Å². The van der Waals surface area contributed by atoms with E-state index in [2.05, 4.69) is 99.8 Å². The van der Waals surface area contributed by atoms with Gasteiger partial charge >= 0.3 is 28.2 Å². The maximum atomic E-state index is 3.39. The van der Waals surface area contributed by atoms with Crippen molar-refractivity contribution in [3.05, 3.63) is 146 Å². The number of para-hydroxylation sites is 2. The van der Waals surface area contributed by atoms with Gasteiger partial charge in [-0.1, -0.05) is 48.5 Å². The molecule has 3 heteroatoms. The van der Waals surface area contributed by atoms with Crippen molar-refractivity contribution in [2.45, 2.75) is 0 Å².